The lowest BCUT2D eigenvalue weighted by Gasteiger charge is -2.10. The summed E-state index contributed by atoms with van der Waals surface area (Å²) in [5, 5.41) is 0. The third kappa shape index (κ3) is 2.51. The summed E-state index contributed by atoms with van der Waals surface area (Å²) in [4.78, 5) is 3.98. The Morgan fingerprint density at radius 3 is 2.50 bits per heavy atom. The van der Waals surface area contributed by atoms with E-state index in [1.807, 2.05) is 0 Å². The van der Waals surface area contributed by atoms with Gasteiger partial charge in [0.15, 0.2) is 5.82 Å². The van der Waals surface area contributed by atoms with Gasteiger partial charge in [-0.3, -0.25) is 0 Å². The van der Waals surface area contributed by atoms with Crippen LogP contribution in [0.25, 0.3) is 0 Å². The maximum Gasteiger partial charge on any atom is 0.215 e. The number of rotatable bonds is 3. The molecule has 0 amide bonds. The molecule has 0 unspecified atom stereocenters. The highest BCUT2D eigenvalue weighted by Crippen LogP contribution is 2.25. The van der Waals surface area contributed by atoms with Crippen LogP contribution < -0.4 is 16.2 Å². The van der Waals surface area contributed by atoms with Crippen LogP contribution in [0.15, 0.2) is 30.3 Å². The molecule has 0 bridgehead atoms. The predicted octanol–water partition coefficient (Wildman–Crippen LogP) is 1.98. The highest BCUT2D eigenvalue weighted by Gasteiger charge is 2.08. The molecule has 0 saturated heterocycles. The minimum atomic E-state index is -0.265. The average Bonchev–Trinajstić information content (AvgIpc) is 2.37. The van der Waals surface area contributed by atoms with Gasteiger partial charge in [0.2, 0.25) is 5.88 Å². The van der Waals surface area contributed by atoms with Crippen molar-refractivity contribution in [3.63, 3.8) is 0 Å². The normalized spacial score (nSPS) is 10.3. The van der Waals surface area contributed by atoms with Crippen LogP contribution in [0.5, 0.6) is 5.88 Å². The summed E-state index contributed by atoms with van der Waals surface area (Å²) in [6.45, 7) is 0. The van der Waals surface area contributed by atoms with Crippen molar-refractivity contribution in [3.8, 4) is 5.88 Å². The van der Waals surface area contributed by atoms with Crippen LogP contribution in [0.2, 0.25) is 0 Å². The zero-order valence-corrected chi connectivity index (χ0v) is 9.98. The zero-order chi connectivity index (χ0) is 13.1. The first-order valence-electron chi connectivity index (χ1n) is 5.43. The number of benzene rings is 1. The van der Waals surface area contributed by atoms with Gasteiger partial charge in [-0.15, -0.1) is 0 Å². The molecule has 0 fully saturated rings. The van der Waals surface area contributed by atoms with E-state index < -0.39 is 0 Å². The molecule has 94 valence electrons. The Balaban J connectivity index is 2.33. The number of hydrogen-bond donors (Lipinski definition) is 2. The molecule has 0 saturated carbocycles. The van der Waals surface area contributed by atoms with E-state index in [-0.39, 0.29) is 11.6 Å². The lowest BCUT2D eigenvalue weighted by Crippen LogP contribution is -2.04. The Labute approximate surface area is 104 Å². The van der Waals surface area contributed by atoms with E-state index in [1.54, 1.807) is 18.2 Å². The van der Waals surface area contributed by atoms with Gasteiger partial charge in [-0.2, -0.15) is 4.98 Å². The molecule has 0 radical (unpaired) electrons. The number of nitrogen functional groups attached to an aromatic ring is 2. The number of ether oxygens (including phenoxy) is 1. The molecular weight excluding hydrogens is 233 g/mol. The van der Waals surface area contributed by atoms with Crippen molar-refractivity contribution < 1.29 is 9.13 Å². The molecule has 0 aliphatic rings. The molecule has 18 heavy (non-hydrogen) atoms. The average molecular weight is 247 g/mol. The summed E-state index contributed by atoms with van der Waals surface area (Å²) >= 11 is 0. The Hall–Kier alpha value is -2.30. The zero-order valence-electron chi connectivity index (χ0n) is 9.98. The minimum absolute atomic E-state index is 0.242. The first kappa shape index (κ1) is 12.2. The van der Waals surface area contributed by atoms with Crippen LogP contribution in [-0.2, 0) is 6.42 Å². The number of nitrogens with two attached hydrogens (primary N) is 2. The summed E-state index contributed by atoms with van der Waals surface area (Å²) in [6.07, 6.45) is 0.551. The van der Waals surface area contributed by atoms with Crippen LogP contribution in [0, 0.1) is 5.82 Å². The lowest BCUT2D eigenvalue weighted by atomic mass is 10.0. The topological polar surface area (TPSA) is 74.2 Å². The van der Waals surface area contributed by atoms with Crippen molar-refractivity contribution in [1.29, 1.82) is 0 Å². The van der Waals surface area contributed by atoms with Gasteiger partial charge >= 0.3 is 0 Å². The number of methoxy groups -OCH3 is 1. The Bertz CT molecular complexity index is 555. The SMILES string of the molecule is COc1cc(Cc2ccc(F)cc2)c(N)c(N)n1. The number of nitrogens with zero attached hydrogens (tertiary/aromatic N) is 1. The molecule has 2 rings (SSSR count). The van der Waals surface area contributed by atoms with Crippen LogP contribution in [0.3, 0.4) is 0 Å². The van der Waals surface area contributed by atoms with E-state index in [2.05, 4.69) is 4.98 Å². The Morgan fingerprint density at radius 1 is 1.22 bits per heavy atom. The first-order chi connectivity index (χ1) is 8.60. The monoisotopic (exact) mass is 247 g/mol. The van der Waals surface area contributed by atoms with Gasteiger partial charge in [0.05, 0.1) is 12.8 Å². The smallest absolute Gasteiger partial charge is 0.215 e. The van der Waals surface area contributed by atoms with Crippen molar-refractivity contribution in [2.24, 2.45) is 0 Å². The Morgan fingerprint density at radius 2 is 1.89 bits per heavy atom. The van der Waals surface area contributed by atoms with Crippen LogP contribution in [0.4, 0.5) is 15.9 Å². The van der Waals surface area contributed by atoms with E-state index in [9.17, 15) is 4.39 Å². The van der Waals surface area contributed by atoms with E-state index >= 15 is 0 Å². The molecule has 1 aromatic carbocycles. The number of hydrogen-bond acceptors (Lipinski definition) is 4. The fourth-order valence-corrected chi connectivity index (χ4v) is 1.68. The van der Waals surface area contributed by atoms with Gasteiger partial charge in [-0.1, -0.05) is 12.1 Å². The Kier molecular flexibility index (Phi) is 3.32. The van der Waals surface area contributed by atoms with Gasteiger partial charge in [-0.05, 0) is 29.7 Å². The maximum absolute atomic E-state index is 12.8. The van der Waals surface area contributed by atoms with Crippen LogP contribution >= 0.6 is 0 Å². The summed E-state index contributed by atoms with van der Waals surface area (Å²) in [6, 6.07) is 7.96. The minimum Gasteiger partial charge on any atom is -0.481 e. The van der Waals surface area contributed by atoms with Crippen LogP contribution in [-0.4, -0.2) is 12.1 Å². The van der Waals surface area contributed by atoms with Crippen LogP contribution in [0.1, 0.15) is 11.1 Å². The summed E-state index contributed by atoms with van der Waals surface area (Å²) < 4.78 is 17.9. The predicted molar refractivity (Wildman–Crippen MR) is 68.8 cm³/mol. The molecule has 2 aromatic rings. The van der Waals surface area contributed by atoms with Gasteiger partial charge < -0.3 is 16.2 Å². The number of anilines is 2. The number of pyridine rings is 1. The second-order valence-electron chi connectivity index (χ2n) is 3.93. The summed E-state index contributed by atoms with van der Waals surface area (Å²) in [5.74, 6) is 0.392. The quantitative estimate of drug-likeness (QED) is 0.869. The number of aromatic nitrogens is 1. The molecule has 0 atom stereocenters. The fourth-order valence-electron chi connectivity index (χ4n) is 1.68. The molecule has 0 spiro atoms. The van der Waals surface area contributed by atoms with Crippen molar-refractivity contribution >= 4 is 11.5 Å². The van der Waals surface area contributed by atoms with Crippen molar-refractivity contribution in [3.05, 3.63) is 47.3 Å². The standard InChI is InChI=1S/C13H14FN3O/c1-18-11-7-9(12(15)13(16)17-11)6-8-2-4-10(14)5-3-8/h2-5,7H,6,15H2,1H3,(H2,16,17). The molecule has 1 aromatic heterocycles. The van der Waals surface area contributed by atoms with E-state index in [4.69, 9.17) is 16.2 Å². The van der Waals surface area contributed by atoms with Gasteiger partial charge in [-0.25, -0.2) is 4.39 Å². The molecular formula is C13H14FN3O. The van der Waals surface area contributed by atoms with Crippen molar-refractivity contribution in [2.45, 2.75) is 6.42 Å². The highest BCUT2D eigenvalue weighted by atomic mass is 19.1. The van der Waals surface area contributed by atoms with Gasteiger partial charge in [0.1, 0.15) is 5.82 Å². The second-order valence-corrected chi connectivity index (χ2v) is 3.93. The molecule has 4 N–H and O–H groups in total. The van der Waals surface area contributed by atoms with Crippen molar-refractivity contribution in [1.82, 2.24) is 4.98 Å². The second kappa shape index (κ2) is 4.91. The molecule has 5 heteroatoms. The van der Waals surface area contributed by atoms with Gasteiger partial charge in [0.25, 0.3) is 0 Å². The third-order valence-electron chi connectivity index (χ3n) is 2.67. The third-order valence-corrected chi connectivity index (χ3v) is 2.67. The van der Waals surface area contributed by atoms with E-state index in [0.717, 1.165) is 11.1 Å². The first-order valence-corrected chi connectivity index (χ1v) is 5.43. The molecule has 0 aliphatic carbocycles. The van der Waals surface area contributed by atoms with Gasteiger partial charge in [0, 0.05) is 6.07 Å². The summed E-state index contributed by atoms with van der Waals surface area (Å²) in [7, 11) is 1.51. The van der Waals surface area contributed by atoms with Crippen molar-refractivity contribution in [2.75, 3.05) is 18.6 Å². The van der Waals surface area contributed by atoms with E-state index in [0.29, 0.717) is 18.0 Å². The largest absolute Gasteiger partial charge is 0.481 e. The van der Waals surface area contributed by atoms with E-state index in [1.165, 1.54) is 19.2 Å². The molecule has 4 nitrogen and oxygen atoms in total. The fraction of sp³-hybridized carbons (Fsp3) is 0.154. The summed E-state index contributed by atoms with van der Waals surface area (Å²) in [5.41, 5.74) is 13.7. The maximum atomic E-state index is 12.8. The highest BCUT2D eigenvalue weighted by molar-refractivity contribution is 5.65. The lowest BCUT2D eigenvalue weighted by molar-refractivity contribution is 0.398. The molecule has 1 heterocycles. The molecule has 0 aliphatic heterocycles. The number of halogens is 1.